The molecule has 0 aliphatic rings. The molecule has 0 bridgehead atoms. The minimum atomic E-state index is -4.43. The van der Waals surface area contributed by atoms with Crippen molar-refractivity contribution in [1.82, 2.24) is 0 Å². The fourth-order valence-corrected chi connectivity index (χ4v) is 1.81. The zero-order chi connectivity index (χ0) is 15.6. The normalized spacial score (nSPS) is 12.5. The van der Waals surface area contributed by atoms with Crippen molar-refractivity contribution in [2.24, 2.45) is 0 Å². The van der Waals surface area contributed by atoms with Crippen molar-refractivity contribution in [2.45, 2.75) is 13.1 Å². The first-order valence-electron chi connectivity index (χ1n) is 5.96. The van der Waals surface area contributed by atoms with Gasteiger partial charge in [-0.15, -0.1) is 0 Å². The number of furan rings is 1. The molecule has 0 saturated heterocycles. The van der Waals surface area contributed by atoms with Gasteiger partial charge in [0.25, 0.3) is 0 Å². The average molecular weight is 296 g/mol. The molecule has 3 nitrogen and oxygen atoms in total. The Bertz CT molecular complexity index is 696. The second-order valence-electron chi connectivity index (χ2n) is 4.41. The highest BCUT2D eigenvalue weighted by Crippen LogP contribution is 2.33. The summed E-state index contributed by atoms with van der Waals surface area (Å²) in [6, 6.07) is 7.77. The largest absolute Gasteiger partial charge is 0.478 e. The number of carboxylic acid groups (broad SMARTS) is 1. The van der Waals surface area contributed by atoms with Crippen LogP contribution in [0.1, 0.15) is 18.2 Å². The number of hydrogen-bond acceptors (Lipinski definition) is 2. The van der Waals surface area contributed by atoms with Crippen molar-refractivity contribution in [3.63, 3.8) is 0 Å². The Labute approximate surface area is 118 Å². The molecule has 0 amide bonds. The zero-order valence-corrected chi connectivity index (χ0v) is 10.9. The Kier molecular flexibility index (Phi) is 3.88. The molecular weight excluding hydrogens is 285 g/mol. The topological polar surface area (TPSA) is 50.4 Å². The van der Waals surface area contributed by atoms with E-state index in [9.17, 15) is 18.0 Å². The molecular formula is C15H11F3O3. The predicted molar refractivity (Wildman–Crippen MR) is 70.4 cm³/mol. The number of benzene rings is 1. The maximum absolute atomic E-state index is 12.7. The van der Waals surface area contributed by atoms with Gasteiger partial charge in [0.2, 0.25) is 0 Å². The van der Waals surface area contributed by atoms with Crippen molar-refractivity contribution in [2.75, 3.05) is 0 Å². The highest BCUT2D eigenvalue weighted by Gasteiger charge is 2.30. The van der Waals surface area contributed by atoms with Gasteiger partial charge >= 0.3 is 12.1 Å². The zero-order valence-electron chi connectivity index (χ0n) is 10.9. The summed E-state index contributed by atoms with van der Waals surface area (Å²) in [7, 11) is 0. The Morgan fingerprint density at radius 3 is 2.57 bits per heavy atom. The molecule has 0 aliphatic carbocycles. The fraction of sp³-hybridized carbons (Fsp3) is 0.133. The van der Waals surface area contributed by atoms with E-state index < -0.39 is 17.7 Å². The summed E-state index contributed by atoms with van der Waals surface area (Å²) in [6.45, 7) is 1.54. The minimum Gasteiger partial charge on any atom is -0.478 e. The van der Waals surface area contributed by atoms with Gasteiger partial charge in [0.15, 0.2) is 0 Å². The van der Waals surface area contributed by atoms with E-state index in [0.29, 0.717) is 11.3 Å². The van der Waals surface area contributed by atoms with E-state index in [0.717, 1.165) is 18.2 Å². The molecule has 0 aliphatic heterocycles. The van der Waals surface area contributed by atoms with Gasteiger partial charge < -0.3 is 9.52 Å². The quantitative estimate of drug-likeness (QED) is 0.851. The molecule has 0 unspecified atom stereocenters. The van der Waals surface area contributed by atoms with Crippen molar-refractivity contribution < 1.29 is 27.5 Å². The highest BCUT2D eigenvalue weighted by atomic mass is 19.4. The number of carboxylic acids is 1. The van der Waals surface area contributed by atoms with Crippen LogP contribution in [0.4, 0.5) is 13.2 Å². The van der Waals surface area contributed by atoms with Crippen molar-refractivity contribution >= 4 is 11.5 Å². The van der Waals surface area contributed by atoms with Gasteiger partial charge in [-0.05, 0) is 36.8 Å². The first-order chi connectivity index (χ1) is 9.77. The molecule has 1 aromatic heterocycles. The minimum absolute atomic E-state index is 0.245. The van der Waals surface area contributed by atoms with Crippen LogP contribution in [0.25, 0.3) is 16.9 Å². The summed E-state index contributed by atoms with van der Waals surface area (Å²) in [5.74, 6) is -0.580. The number of alkyl halides is 3. The number of rotatable bonds is 3. The molecule has 1 aromatic carbocycles. The molecule has 2 rings (SSSR count). The number of allylic oxidation sites excluding steroid dienone is 1. The van der Waals surface area contributed by atoms with Gasteiger partial charge in [0.05, 0.1) is 5.56 Å². The smallest absolute Gasteiger partial charge is 0.416 e. The van der Waals surface area contributed by atoms with E-state index in [-0.39, 0.29) is 11.3 Å². The predicted octanol–water partition coefficient (Wildman–Crippen LogP) is 4.45. The lowest BCUT2D eigenvalue weighted by molar-refractivity contribution is -0.137. The SMILES string of the molecule is C/C(=C\C(=O)O)c1ccc(-c2cccc(C(F)(F)F)c2)o1. The summed E-state index contributed by atoms with van der Waals surface area (Å²) >= 11 is 0. The summed E-state index contributed by atoms with van der Waals surface area (Å²) in [4.78, 5) is 10.6. The summed E-state index contributed by atoms with van der Waals surface area (Å²) < 4.78 is 43.4. The molecule has 110 valence electrons. The van der Waals surface area contributed by atoms with E-state index in [1.165, 1.54) is 24.3 Å². The third-order valence-corrected chi connectivity index (χ3v) is 2.81. The van der Waals surface area contributed by atoms with Crippen LogP contribution in [-0.4, -0.2) is 11.1 Å². The maximum atomic E-state index is 12.7. The summed E-state index contributed by atoms with van der Waals surface area (Å²) in [5.41, 5.74) is -0.115. The Balaban J connectivity index is 2.36. The van der Waals surface area contributed by atoms with E-state index in [4.69, 9.17) is 9.52 Å². The summed E-state index contributed by atoms with van der Waals surface area (Å²) in [5, 5.41) is 8.65. The van der Waals surface area contributed by atoms with Crippen molar-refractivity contribution in [1.29, 1.82) is 0 Å². The van der Waals surface area contributed by atoms with Crippen LogP contribution in [-0.2, 0) is 11.0 Å². The highest BCUT2D eigenvalue weighted by molar-refractivity contribution is 5.88. The number of hydrogen-bond donors (Lipinski definition) is 1. The van der Waals surface area contributed by atoms with Gasteiger partial charge in [-0.1, -0.05) is 12.1 Å². The molecule has 0 spiro atoms. The molecule has 1 N–H and O–H groups in total. The first kappa shape index (κ1) is 14.9. The van der Waals surface area contributed by atoms with Gasteiger partial charge in [0, 0.05) is 11.6 Å². The third-order valence-electron chi connectivity index (χ3n) is 2.81. The Morgan fingerprint density at radius 1 is 1.24 bits per heavy atom. The molecule has 6 heteroatoms. The van der Waals surface area contributed by atoms with Gasteiger partial charge in [-0.2, -0.15) is 13.2 Å². The monoisotopic (exact) mass is 296 g/mol. The molecule has 0 saturated carbocycles. The molecule has 1 heterocycles. The van der Waals surface area contributed by atoms with Crippen LogP contribution in [0.15, 0.2) is 46.9 Å². The molecule has 21 heavy (non-hydrogen) atoms. The van der Waals surface area contributed by atoms with E-state index >= 15 is 0 Å². The van der Waals surface area contributed by atoms with E-state index in [2.05, 4.69) is 0 Å². The first-order valence-corrected chi connectivity index (χ1v) is 5.96. The molecule has 0 radical (unpaired) electrons. The second-order valence-corrected chi connectivity index (χ2v) is 4.41. The van der Waals surface area contributed by atoms with Crippen LogP contribution < -0.4 is 0 Å². The van der Waals surface area contributed by atoms with Crippen molar-refractivity contribution in [3.8, 4) is 11.3 Å². The van der Waals surface area contributed by atoms with E-state index in [1.807, 2.05) is 0 Å². The van der Waals surface area contributed by atoms with Crippen molar-refractivity contribution in [3.05, 3.63) is 53.8 Å². The van der Waals surface area contributed by atoms with Crippen LogP contribution >= 0.6 is 0 Å². The van der Waals surface area contributed by atoms with Gasteiger partial charge in [-0.3, -0.25) is 0 Å². The van der Waals surface area contributed by atoms with E-state index in [1.54, 1.807) is 6.92 Å². The Morgan fingerprint density at radius 2 is 1.95 bits per heavy atom. The van der Waals surface area contributed by atoms with Gasteiger partial charge in [0.1, 0.15) is 11.5 Å². The fourth-order valence-electron chi connectivity index (χ4n) is 1.81. The average Bonchev–Trinajstić information content (AvgIpc) is 2.86. The summed E-state index contributed by atoms with van der Waals surface area (Å²) in [6.07, 6.45) is -3.46. The Hall–Kier alpha value is -2.50. The lowest BCUT2D eigenvalue weighted by Crippen LogP contribution is -2.04. The lowest BCUT2D eigenvalue weighted by atomic mass is 10.1. The van der Waals surface area contributed by atoms with Crippen LogP contribution in [0.5, 0.6) is 0 Å². The third kappa shape index (κ3) is 3.53. The molecule has 2 aromatic rings. The number of aliphatic carboxylic acids is 1. The van der Waals surface area contributed by atoms with Crippen LogP contribution in [0, 0.1) is 0 Å². The second kappa shape index (κ2) is 5.47. The standard InChI is InChI=1S/C15H11F3O3/c1-9(7-14(19)20)12-5-6-13(21-12)10-3-2-4-11(8-10)15(16,17)18/h2-8H,1H3,(H,19,20)/b9-7+. The van der Waals surface area contributed by atoms with Crippen LogP contribution in [0.2, 0.25) is 0 Å². The van der Waals surface area contributed by atoms with Gasteiger partial charge in [-0.25, -0.2) is 4.79 Å². The van der Waals surface area contributed by atoms with Crippen LogP contribution in [0.3, 0.4) is 0 Å². The molecule has 0 fully saturated rings. The molecule has 0 atom stereocenters. The lowest BCUT2D eigenvalue weighted by Gasteiger charge is -2.07. The maximum Gasteiger partial charge on any atom is 0.416 e. The number of halogens is 3. The number of carbonyl (C=O) groups is 1.